The number of fused-ring (bicyclic) bond motifs is 2. The summed E-state index contributed by atoms with van der Waals surface area (Å²) in [5.74, 6) is -1.06. The molecule has 0 aromatic heterocycles. The van der Waals surface area contributed by atoms with Gasteiger partial charge in [0, 0.05) is 35.1 Å². The molecule has 0 saturated heterocycles. The molecule has 0 fully saturated rings. The fraction of sp³-hybridized carbons (Fsp3) is 0.471. The molecule has 0 spiro atoms. The number of carbonyl (C=O) groups is 4. The summed E-state index contributed by atoms with van der Waals surface area (Å²) in [5.41, 5.74) is 3.75. The molecule has 2 aliphatic rings. The number of rotatable bonds is 8. The van der Waals surface area contributed by atoms with E-state index in [1.165, 1.54) is 0 Å². The molecule has 2 heterocycles. The minimum absolute atomic E-state index is 0.139. The van der Waals surface area contributed by atoms with Crippen molar-refractivity contribution in [3.63, 3.8) is 0 Å². The van der Waals surface area contributed by atoms with Crippen LogP contribution >= 0.6 is 0 Å². The van der Waals surface area contributed by atoms with Gasteiger partial charge in [0.25, 0.3) is 0 Å². The molecule has 0 atom stereocenters. The molecule has 42 heavy (non-hydrogen) atoms. The highest BCUT2D eigenvalue weighted by Crippen LogP contribution is 2.50. The number of hydrogen-bond donors (Lipinski definition) is 0. The predicted octanol–water partition coefficient (Wildman–Crippen LogP) is 6.02. The van der Waals surface area contributed by atoms with E-state index in [2.05, 4.69) is 0 Å². The smallest absolute Gasteiger partial charge is 0.345 e. The quantitative estimate of drug-likeness (QED) is 0.213. The van der Waals surface area contributed by atoms with Crippen LogP contribution in [0, 0.1) is 0 Å². The average Bonchev–Trinajstić information content (AvgIpc) is 3.38. The first-order chi connectivity index (χ1) is 19.6. The number of carbonyl (C=O) groups excluding carboxylic acids is 4. The van der Waals surface area contributed by atoms with Crippen molar-refractivity contribution >= 4 is 35.0 Å². The summed E-state index contributed by atoms with van der Waals surface area (Å²) in [5, 5.41) is 0. The average molecular weight is 577 g/mol. The van der Waals surface area contributed by atoms with E-state index in [4.69, 9.17) is 18.9 Å². The highest BCUT2D eigenvalue weighted by molar-refractivity contribution is 6.41. The normalized spacial score (nSPS) is 16.1. The summed E-state index contributed by atoms with van der Waals surface area (Å²) in [6.07, 6.45) is 1.17. The number of benzene rings is 2. The Bertz CT molecular complexity index is 1370. The van der Waals surface area contributed by atoms with E-state index >= 15 is 0 Å². The Morgan fingerprint density at radius 1 is 0.643 bits per heavy atom. The second-order valence-corrected chi connectivity index (χ2v) is 12.7. The lowest BCUT2D eigenvalue weighted by molar-refractivity contribution is -0.144. The second-order valence-electron chi connectivity index (χ2n) is 12.7. The Morgan fingerprint density at radius 3 is 1.31 bits per heavy atom. The number of ether oxygens (including phenoxy) is 4. The van der Waals surface area contributed by atoms with Crippen LogP contribution in [0.4, 0.5) is 0 Å². The van der Waals surface area contributed by atoms with Crippen molar-refractivity contribution in [2.24, 2.45) is 0 Å². The van der Waals surface area contributed by atoms with Crippen molar-refractivity contribution < 1.29 is 38.1 Å². The van der Waals surface area contributed by atoms with Crippen LogP contribution in [0.1, 0.15) is 102 Å². The van der Waals surface area contributed by atoms with Gasteiger partial charge in [0.1, 0.15) is 11.5 Å². The maximum atomic E-state index is 13.5. The van der Waals surface area contributed by atoms with Gasteiger partial charge in [0.2, 0.25) is 0 Å². The first-order valence-electron chi connectivity index (χ1n) is 14.5. The molecule has 2 aromatic carbocycles. The molecule has 2 aromatic rings. The summed E-state index contributed by atoms with van der Waals surface area (Å²) in [4.78, 5) is 51.3. The third-order valence-corrected chi connectivity index (χ3v) is 7.35. The van der Waals surface area contributed by atoms with Crippen molar-refractivity contribution in [3.8, 4) is 11.5 Å². The van der Waals surface area contributed by atoms with E-state index in [9.17, 15) is 19.2 Å². The molecule has 0 radical (unpaired) electrons. The van der Waals surface area contributed by atoms with Gasteiger partial charge in [-0.1, -0.05) is 53.7 Å². The van der Waals surface area contributed by atoms with Crippen LogP contribution in [0.3, 0.4) is 0 Å². The molecule has 8 nitrogen and oxygen atoms in total. The second kappa shape index (κ2) is 11.7. The lowest BCUT2D eigenvalue weighted by atomic mass is 9.81. The Kier molecular flexibility index (Phi) is 8.67. The van der Waals surface area contributed by atoms with Crippen molar-refractivity contribution in [2.75, 3.05) is 13.2 Å². The SMILES string of the molecule is CCOC(=O)CCc1cc2c(c(C(C)(C)C)c1)OC(=O)/C2=C1/C(=O)Oc2c1cc(CCC(=O)OCC)cc2C(C)(C)C. The standard InChI is InChI=1S/C34H40O8/c1-9-39-25(35)13-11-19-15-21-27(31(37)41-29(21)23(17-19)33(3,4)5)28-22-16-20(12-14-26(36)40-10-2)18-24(34(6,7)8)30(22)42-32(28)38/h15-18H,9-14H2,1-8H3/b28-27+. The molecule has 0 amide bonds. The molecular weight excluding hydrogens is 536 g/mol. The summed E-state index contributed by atoms with van der Waals surface area (Å²) in [6.45, 7) is 16.2. The third kappa shape index (κ3) is 6.27. The molecule has 0 N–H and O–H groups in total. The van der Waals surface area contributed by atoms with Crippen LogP contribution in [0.5, 0.6) is 11.5 Å². The zero-order valence-electron chi connectivity index (χ0n) is 25.8. The monoisotopic (exact) mass is 576 g/mol. The van der Waals surface area contributed by atoms with E-state index in [1.54, 1.807) is 13.8 Å². The molecular formula is C34H40O8. The summed E-state index contributed by atoms with van der Waals surface area (Å²) in [7, 11) is 0. The topological polar surface area (TPSA) is 105 Å². The van der Waals surface area contributed by atoms with Gasteiger partial charge >= 0.3 is 23.9 Å². The molecule has 4 rings (SSSR count). The third-order valence-electron chi connectivity index (χ3n) is 7.35. The number of aryl methyl sites for hydroxylation is 2. The molecule has 0 aliphatic carbocycles. The summed E-state index contributed by atoms with van der Waals surface area (Å²) >= 11 is 0. The Hall–Kier alpha value is -3.94. The van der Waals surface area contributed by atoms with Crippen LogP contribution in [-0.4, -0.2) is 37.1 Å². The van der Waals surface area contributed by atoms with Gasteiger partial charge in [0.05, 0.1) is 24.4 Å². The van der Waals surface area contributed by atoms with E-state index < -0.39 is 22.8 Å². The van der Waals surface area contributed by atoms with Crippen molar-refractivity contribution in [3.05, 3.63) is 57.6 Å². The van der Waals surface area contributed by atoms with E-state index in [1.807, 2.05) is 65.8 Å². The Morgan fingerprint density at radius 2 is 1.00 bits per heavy atom. The van der Waals surface area contributed by atoms with E-state index in [0.717, 1.165) is 22.3 Å². The van der Waals surface area contributed by atoms with E-state index in [-0.39, 0.29) is 35.9 Å². The Balaban J connectivity index is 1.91. The maximum Gasteiger partial charge on any atom is 0.345 e. The van der Waals surface area contributed by atoms with Crippen molar-refractivity contribution in [1.82, 2.24) is 0 Å². The predicted molar refractivity (Wildman–Crippen MR) is 158 cm³/mol. The first kappa shape index (κ1) is 31.0. The van der Waals surface area contributed by atoms with Crippen LogP contribution in [0.25, 0.3) is 11.1 Å². The van der Waals surface area contributed by atoms with E-state index in [0.29, 0.717) is 48.7 Å². The van der Waals surface area contributed by atoms with Gasteiger partial charge in [0.15, 0.2) is 0 Å². The van der Waals surface area contributed by atoms with Gasteiger partial charge < -0.3 is 18.9 Å². The largest absolute Gasteiger partial charge is 0.466 e. The van der Waals surface area contributed by atoms with Gasteiger partial charge in [-0.25, -0.2) is 9.59 Å². The zero-order chi connectivity index (χ0) is 31.0. The Labute approximate surface area is 247 Å². The fourth-order valence-electron chi connectivity index (χ4n) is 5.31. The van der Waals surface area contributed by atoms with Crippen molar-refractivity contribution in [1.29, 1.82) is 0 Å². The molecule has 8 heteroatoms. The molecule has 0 unspecified atom stereocenters. The van der Waals surface area contributed by atoms with Gasteiger partial charge in [-0.05, 0) is 60.8 Å². The van der Waals surface area contributed by atoms with Crippen molar-refractivity contribution in [2.45, 2.75) is 91.9 Å². The summed E-state index contributed by atoms with van der Waals surface area (Å²) < 4.78 is 21.9. The zero-order valence-corrected chi connectivity index (χ0v) is 25.8. The minimum atomic E-state index is -0.632. The summed E-state index contributed by atoms with van der Waals surface area (Å²) in [6, 6.07) is 7.53. The number of hydrogen-bond acceptors (Lipinski definition) is 8. The molecule has 0 saturated carbocycles. The lowest BCUT2D eigenvalue weighted by Crippen LogP contribution is -2.14. The van der Waals surface area contributed by atoms with Crippen LogP contribution in [-0.2, 0) is 52.3 Å². The first-order valence-corrected chi connectivity index (χ1v) is 14.5. The van der Waals surface area contributed by atoms with Crippen LogP contribution in [0.15, 0.2) is 24.3 Å². The minimum Gasteiger partial charge on any atom is -0.466 e. The van der Waals surface area contributed by atoms with Crippen LogP contribution in [0.2, 0.25) is 0 Å². The van der Waals surface area contributed by atoms with Crippen LogP contribution < -0.4 is 9.47 Å². The highest BCUT2D eigenvalue weighted by atomic mass is 16.6. The maximum absolute atomic E-state index is 13.5. The molecule has 0 bridgehead atoms. The molecule has 224 valence electrons. The number of esters is 4. The highest BCUT2D eigenvalue weighted by Gasteiger charge is 2.42. The van der Waals surface area contributed by atoms with Gasteiger partial charge in [-0.15, -0.1) is 0 Å². The van der Waals surface area contributed by atoms with Gasteiger partial charge in [-0.2, -0.15) is 0 Å². The fourth-order valence-corrected chi connectivity index (χ4v) is 5.31. The lowest BCUT2D eigenvalue weighted by Gasteiger charge is -2.23. The van der Waals surface area contributed by atoms with Gasteiger partial charge in [-0.3, -0.25) is 9.59 Å². The molecule has 2 aliphatic heterocycles.